The Morgan fingerprint density at radius 3 is 2.50 bits per heavy atom. The molecule has 3 rings (SSSR count). The molecule has 1 heterocycles. The molecule has 0 saturated heterocycles. The number of carbonyl (C=O) groups is 1. The molecule has 0 aliphatic heterocycles. The van der Waals surface area contributed by atoms with E-state index >= 15 is 0 Å². The van der Waals surface area contributed by atoms with Crippen LogP contribution in [0.3, 0.4) is 0 Å². The Hall–Kier alpha value is -3.24. The van der Waals surface area contributed by atoms with Crippen molar-refractivity contribution in [1.29, 1.82) is 0 Å². The molecule has 10 heteroatoms. The lowest BCUT2D eigenvalue weighted by Gasteiger charge is -2.09. The van der Waals surface area contributed by atoms with Crippen molar-refractivity contribution in [2.24, 2.45) is 4.99 Å². The van der Waals surface area contributed by atoms with Crippen LogP contribution in [0.2, 0.25) is 0 Å². The molecule has 2 aromatic carbocycles. The SMILES string of the molecule is COCCn1c(=NC(=O)c2cc(OC)c(OC)cc2[N+](=O)[O-])sc2cc(C)ccc21. The number of carbonyl (C=O) groups excluding carboxylic acids is 1. The Balaban J connectivity index is 2.19. The molecule has 0 bridgehead atoms. The maximum absolute atomic E-state index is 13.0. The number of rotatable bonds is 7. The lowest BCUT2D eigenvalue weighted by atomic mass is 10.1. The predicted molar refractivity (Wildman–Crippen MR) is 113 cm³/mol. The van der Waals surface area contributed by atoms with E-state index in [1.165, 1.54) is 31.6 Å². The Labute approximate surface area is 176 Å². The zero-order valence-electron chi connectivity index (χ0n) is 17.0. The van der Waals surface area contributed by atoms with Crippen molar-refractivity contribution in [3.8, 4) is 11.5 Å². The molecule has 3 aromatic rings. The van der Waals surface area contributed by atoms with E-state index in [-0.39, 0.29) is 17.1 Å². The number of hydrogen-bond acceptors (Lipinski definition) is 7. The van der Waals surface area contributed by atoms with Gasteiger partial charge in [-0.3, -0.25) is 14.9 Å². The number of nitrogens with zero attached hydrogens (tertiary/aromatic N) is 3. The molecule has 0 saturated carbocycles. The van der Waals surface area contributed by atoms with Crippen LogP contribution in [-0.4, -0.2) is 43.3 Å². The molecule has 0 spiro atoms. The Bertz CT molecular complexity index is 1180. The highest BCUT2D eigenvalue weighted by molar-refractivity contribution is 7.16. The topological polar surface area (TPSA) is 105 Å². The summed E-state index contributed by atoms with van der Waals surface area (Å²) in [5.41, 5.74) is 1.42. The van der Waals surface area contributed by atoms with Gasteiger partial charge in [-0.1, -0.05) is 17.4 Å². The van der Waals surface area contributed by atoms with Crippen molar-refractivity contribution < 1.29 is 23.9 Å². The van der Waals surface area contributed by atoms with E-state index in [0.29, 0.717) is 18.0 Å². The van der Waals surface area contributed by atoms with E-state index in [1.807, 2.05) is 29.7 Å². The van der Waals surface area contributed by atoms with Gasteiger partial charge in [0, 0.05) is 19.7 Å². The summed E-state index contributed by atoms with van der Waals surface area (Å²) in [5.74, 6) is -0.369. The van der Waals surface area contributed by atoms with Crippen LogP contribution in [0.1, 0.15) is 15.9 Å². The zero-order chi connectivity index (χ0) is 21.8. The predicted octanol–water partition coefficient (Wildman–Crippen LogP) is 3.32. The maximum Gasteiger partial charge on any atom is 0.286 e. The standard InChI is InChI=1S/C20H21N3O6S/c1-12-5-6-14-18(9-12)30-20(22(14)7-8-27-2)21-19(24)13-10-16(28-3)17(29-4)11-15(13)23(25)26/h5-6,9-11H,7-8H2,1-4H3. The molecule has 1 amide bonds. The monoisotopic (exact) mass is 431 g/mol. The summed E-state index contributed by atoms with van der Waals surface area (Å²) in [4.78, 5) is 28.5. The number of amides is 1. The first kappa shape index (κ1) is 21.5. The first-order chi connectivity index (χ1) is 14.4. The van der Waals surface area contributed by atoms with Crippen LogP contribution in [0.25, 0.3) is 10.2 Å². The molecule has 0 aliphatic rings. The summed E-state index contributed by atoms with van der Waals surface area (Å²) in [6.45, 7) is 2.89. The van der Waals surface area contributed by atoms with Gasteiger partial charge in [0.1, 0.15) is 5.56 Å². The van der Waals surface area contributed by atoms with Crippen molar-refractivity contribution in [2.75, 3.05) is 27.9 Å². The molecule has 0 aliphatic carbocycles. The summed E-state index contributed by atoms with van der Waals surface area (Å²) in [6, 6.07) is 8.38. The fourth-order valence-corrected chi connectivity index (χ4v) is 4.15. The van der Waals surface area contributed by atoms with Gasteiger partial charge in [0.25, 0.3) is 11.6 Å². The van der Waals surface area contributed by atoms with Gasteiger partial charge in [-0.15, -0.1) is 0 Å². The summed E-state index contributed by atoms with van der Waals surface area (Å²) in [5, 5.41) is 11.5. The van der Waals surface area contributed by atoms with E-state index in [2.05, 4.69) is 4.99 Å². The highest BCUT2D eigenvalue weighted by Gasteiger charge is 2.24. The van der Waals surface area contributed by atoms with E-state index in [1.54, 1.807) is 7.11 Å². The van der Waals surface area contributed by atoms with Crippen molar-refractivity contribution in [1.82, 2.24) is 4.57 Å². The molecule has 0 unspecified atom stereocenters. The van der Waals surface area contributed by atoms with Gasteiger partial charge in [0.2, 0.25) is 0 Å². The molecule has 30 heavy (non-hydrogen) atoms. The number of fused-ring (bicyclic) bond motifs is 1. The lowest BCUT2D eigenvalue weighted by molar-refractivity contribution is -0.385. The minimum Gasteiger partial charge on any atom is -0.493 e. The fraction of sp³-hybridized carbons (Fsp3) is 0.300. The third-order valence-corrected chi connectivity index (χ3v) is 5.52. The van der Waals surface area contributed by atoms with Crippen LogP contribution in [0.4, 0.5) is 5.69 Å². The largest absolute Gasteiger partial charge is 0.493 e. The molecular formula is C20H21N3O6S. The number of hydrogen-bond donors (Lipinski definition) is 0. The second-order valence-electron chi connectivity index (χ2n) is 6.40. The van der Waals surface area contributed by atoms with Gasteiger partial charge in [-0.2, -0.15) is 4.99 Å². The lowest BCUT2D eigenvalue weighted by Crippen LogP contribution is -2.19. The van der Waals surface area contributed by atoms with Gasteiger partial charge >= 0.3 is 0 Å². The van der Waals surface area contributed by atoms with Crippen molar-refractivity contribution in [2.45, 2.75) is 13.5 Å². The van der Waals surface area contributed by atoms with Crippen molar-refractivity contribution in [3.63, 3.8) is 0 Å². The Morgan fingerprint density at radius 1 is 1.17 bits per heavy atom. The average molecular weight is 431 g/mol. The molecule has 0 atom stereocenters. The normalized spacial score (nSPS) is 11.7. The molecule has 1 aromatic heterocycles. The number of aromatic nitrogens is 1. The quantitative estimate of drug-likeness (QED) is 0.420. The number of ether oxygens (including phenoxy) is 3. The summed E-state index contributed by atoms with van der Waals surface area (Å²) in [6.07, 6.45) is 0. The minimum atomic E-state index is -0.739. The number of nitro benzene ring substituents is 1. The molecule has 9 nitrogen and oxygen atoms in total. The van der Waals surface area contributed by atoms with Gasteiger partial charge in [-0.05, 0) is 24.6 Å². The number of aryl methyl sites for hydroxylation is 1. The van der Waals surface area contributed by atoms with Crippen LogP contribution in [0.5, 0.6) is 11.5 Å². The summed E-state index contributed by atoms with van der Waals surface area (Å²) < 4.78 is 18.3. The number of nitro groups is 1. The number of benzene rings is 2. The molecule has 158 valence electrons. The van der Waals surface area contributed by atoms with Crippen LogP contribution in [0, 0.1) is 17.0 Å². The minimum absolute atomic E-state index is 0.160. The van der Waals surface area contributed by atoms with Crippen LogP contribution in [-0.2, 0) is 11.3 Å². The third kappa shape index (κ3) is 4.19. The smallest absolute Gasteiger partial charge is 0.286 e. The van der Waals surface area contributed by atoms with Crippen LogP contribution < -0.4 is 14.3 Å². The summed E-state index contributed by atoms with van der Waals surface area (Å²) >= 11 is 1.34. The first-order valence-electron chi connectivity index (χ1n) is 8.98. The van der Waals surface area contributed by atoms with Crippen LogP contribution >= 0.6 is 11.3 Å². The number of thiazole rings is 1. The second kappa shape index (κ2) is 9.06. The third-order valence-electron chi connectivity index (χ3n) is 4.48. The maximum atomic E-state index is 13.0. The molecule has 0 radical (unpaired) electrons. The van der Waals surface area contributed by atoms with E-state index in [9.17, 15) is 14.9 Å². The van der Waals surface area contributed by atoms with E-state index < -0.39 is 16.5 Å². The molecular weight excluding hydrogens is 410 g/mol. The number of methoxy groups -OCH3 is 3. The zero-order valence-corrected chi connectivity index (χ0v) is 17.8. The van der Waals surface area contributed by atoms with Gasteiger partial charge in [0.15, 0.2) is 16.3 Å². The summed E-state index contributed by atoms with van der Waals surface area (Å²) in [7, 11) is 4.35. The Morgan fingerprint density at radius 2 is 1.87 bits per heavy atom. The second-order valence-corrected chi connectivity index (χ2v) is 7.41. The van der Waals surface area contributed by atoms with E-state index in [4.69, 9.17) is 14.2 Å². The van der Waals surface area contributed by atoms with Crippen LogP contribution in [0.15, 0.2) is 35.3 Å². The van der Waals surface area contributed by atoms with Crippen molar-refractivity contribution >= 4 is 33.1 Å². The highest BCUT2D eigenvalue weighted by Crippen LogP contribution is 2.34. The molecule has 0 N–H and O–H groups in total. The van der Waals surface area contributed by atoms with Gasteiger partial charge in [0.05, 0.1) is 42.0 Å². The first-order valence-corrected chi connectivity index (χ1v) is 9.79. The fourth-order valence-electron chi connectivity index (χ4n) is 3.00. The van der Waals surface area contributed by atoms with Gasteiger partial charge in [-0.25, -0.2) is 0 Å². The highest BCUT2D eigenvalue weighted by atomic mass is 32.1. The van der Waals surface area contributed by atoms with E-state index in [0.717, 1.165) is 21.8 Å². The molecule has 0 fully saturated rings. The van der Waals surface area contributed by atoms with Crippen molar-refractivity contribution in [3.05, 3.63) is 56.4 Å². The Kier molecular flexibility index (Phi) is 6.48. The average Bonchev–Trinajstić information content (AvgIpc) is 3.06. The van der Waals surface area contributed by atoms with Gasteiger partial charge < -0.3 is 18.8 Å².